The molecule has 0 aliphatic rings. The number of hydrogen-bond donors (Lipinski definition) is 3. The van der Waals surface area contributed by atoms with E-state index in [4.69, 9.17) is 17.3 Å². The highest BCUT2D eigenvalue weighted by Crippen LogP contribution is 2.29. The van der Waals surface area contributed by atoms with E-state index in [0.29, 0.717) is 18.5 Å². The number of nitrogen functional groups attached to an aromatic ring is 1. The molecule has 0 unspecified atom stereocenters. The minimum atomic E-state index is -3.77. The number of anilines is 1. The summed E-state index contributed by atoms with van der Waals surface area (Å²) in [4.78, 5) is -0.0358. The zero-order valence-corrected chi connectivity index (χ0v) is 14.2. The third-order valence-corrected chi connectivity index (χ3v) is 5.95. The molecule has 0 saturated carbocycles. The number of aliphatic hydroxyl groups is 1. The van der Waals surface area contributed by atoms with E-state index in [1.807, 2.05) is 13.8 Å². The summed E-state index contributed by atoms with van der Waals surface area (Å²) in [7, 11) is -3.77. The average Bonchev–Trinajstić information content (AvgIpc) is 2.45. The Morgan fingerprint density at radius 2 is 1.90 bits per heavy atom. The molecule has 7 heteroatoms. The van der Waals surface area contributed by atoms with Gasteiger partial charge in [0, 0.05) is 24.3 Å². The van der Waals surface area contributed by atoms with Crippen LogP contribution < -0.4 is 10.5 Å². The van der Waals surface area contributed by atoms with Crippen LogP contribution in [0.25, 0.3) is 0 Å². The van der Waals surface area contributed by atoms with Gasteiger partial charge in [-0.2, -0.15) is 0 Å². The molecule has 1 aromatic rings. The van der Waals surface area contributed by atoms with Crippen molar-refractivity contribution in [3.8, 4) is 0 Å². The molecule has 0 radical (unpaired) electrons. The lowest BCUT2D eigenvalue weighted by Gasteiger charge is -2.29. The molecule has 0 aromatic heterocycles. The van der Waals surface area contributed by atoms with Gasteiger partial charge in [-0.3, -0.25) is 0 Å². The van der Waals surface area contributed by atoms with Gasteiger partial charge in [0.05, 0.1) is 5.02 Å². The topological polar surface area (TPSA) is 92.4 Å². The lowest BCUT2D eigenvalue weighted by molar-refractivity contribution is 0.119. The fourth-order valence-electron chi connectivity index (χ4n) is 1.98. The molecule has 0 atom stereocenters. The van der Waals surface area contributed by atoms with Crippen molar-refractivity contribution in [2.24, 2.45) is 5.41 Å². The van der Waals surface area contributed by atoms with Gasteiger partial charge in [-0.1, -0.05) is 25.4 Å². The standard InChI is InChI=1S/C14H23ClN2O3S/c1-4-14(5-2,9-18)8-17-21(19,20)13-7-12(16)10(3)6-11(13)15/h6-7,17-18H,4-5,8-9,16H2,1-3H3. The molecule has 21 heavy (non-hydrogen) atoms. The first-order chi connectivity index (χ1) is 9.71. The third-order valence-electron chi connectivity index (χ3n) is 4.08. The maximum absolute atomic E-state index is 12.4. The summed E-state index contributed by atoms with van der Waals surface area (Å²) in [6.45, 7) is 5.68. The van der Waals surface area contributed by atoms with E-state index in [9.17, 15) is 13.5 Å². The Balaban J connectivity index is 3.05. The first-order valence-corrected chi connectivity index (χ1v) is 8.73. The van der Waals surface area contributed by atoms with Gasteiger partial charge in [-0.25, -0.2) is 13.1 Å². The van der Waals surface area contributed by atoms with Crippen LogP contribution in [0.3, 0.4) is 0 Å². The van der Waals surface area contributed by atoms with E-state index in [1.165, 1.54) is 12.1 Å². The molecule has 120 valence electrons. The van der Waals surface area contributed by atoms with Gasteiger partial charge in [0.1, 0.15) is 4.90 Å². The molecular formula is C14H23ClN2O3S. The van der Waals surface area contributed by atoms with Crippen LogP contribution in [-0.4, -0.2) is 26.7 Å². The van der Waals surface area contributed by atoms with E-state index in [0.717, 1.165) is 5.56 Å². The molecule has 0 aliphatic carbocycles. The van der Waals surface area contributed by atoms with Crippen LogP contribution in [0.15, 0.2) is 17.0 Å². The zero-order chi connectivity index (χ0) is 16.3. The Kier molecular flexibility index (Phi) is 6.04. The Bertz CT molecular complexity index is 590. The second-order valence-electron chi connectivity index (χ2n) is 5.33. The van der Waals surface area contributed by atoms with E-state index in [2.05, 4.69) is 4.72 Å². The Morgan fingerprint density at radius 1 is 1.33 bits per heavy atom. The molecule has 4 N–H and O–H groups in total. The molecule has 0 amide bonds. The normalized spacial score (nSPS) is 12.6. The van der Waals surface area contributed by atoms with Crippen molar-refractivity contribution in [1.82, 2.24) is 4.72 Å². The van der Waals surface area contributed by atoms with Crippen molar-refractivity contribution in [1.29, 1.82) is 0 Å². The van der Waals surface area contributed by atoms with Crippen LogP contribution in [0.4, 0.5) is 5.69 Å². The molecule has 0 aliphatic heterocycles. The summed E-state index contributed by atoms with van der Waals surface area (Å²) in [6, 6.07) is 2.89. The second kappa shape index (κ2) is 6.96. The smallest absolute Gasteiger partial charge is 0.242 e. The fourth-order valence-corrected chi connectivity index (χ4v) is 3.75. The number of rotatable bonds is 7. The molecule has 0 spiro atoms. The third kappa shape index (κ3) is 4.10. The largest absolute Gasteiger partial charge is 0.398 e. The minimum absolute atomic E-state index is 0.0358. The number of hydrogen-bond acceptors (Lipinski definition) is 4. The highest BCUT2D eigenvalue weighted by molar-refractivity contribution is 7.89. The summed E-state index contributed by atoms with van der Waals surface area (Å²) < 4.78 is 27.3. The molecule has 0 bridgehead atoms. The highest BCUT2D eigenvalue weighted by Gasteiger charge is 2.28. The van der Waals surface area contributed by atoms with Gasteiger partial charge in [-0.05, 0) is 37.5 Å². The van der Waals surface area contributed by atoms with Crippen LogP contribution >= 0.6 is 11.6 Å². The van der Waals surface area contributed by atoms with E-state index in [1.54, 1.807) is 6.92 Å². The number of aryl methyl sites for hydroxylation is 1. The van der Waals surface area contributed by atoms with Gasteiger partial charge in [0.25, 0.3) is 0 Å². The first kappa shape index (κ1) is 18.2. The predicted molar refractivity (Wildman–Crippen MR) is 85.9 cm³/mol. The lowest BCUT2D eigenvalue weighted by Crippen LogP contribution is -2.39. The van der Waals surface area contributed by atoms with Crippen LogP contribution in [0.2, 0.25) is 5.02 Å². The fraction of sp³-hybridized carbons (Fsp3) is 0.571. The number of nitrogens with two attached hydrogens (primary N) is 1. The highest BCUT2D eigenvalue weighted by atomic mass is 35.5. The average molecular weight is 335 g/mol. The maximum atomic E-state index is 12.4. The van der Waals surface area contributed by atoms with Crippen LogP contribution in [0, 0.1) is 12.3 Å². The SMILES string of the molecule is CCC(CC)(CO)CNS(=O)(=O)c1cc(N)c(C)cc1Cl. The van der Waals surface area contributed by atoms with Crippen LogP contribution in [-0.2, 0) is 10.0 Å². The number of aliphatic hydroxyl groups excluding tert-OH is 1. The molecule has 0 fully saturated rings. The number of sulfonamides is 1. The molecule has 0 saturated heterocycles. The van der Waals surface area contributed by atoms with E-state index in [-0.39, 0.29) is 23.1 Å². The molecule has 1 aromatic carbocycles. The first-order valence-electron chi connectivity index (χ1n) is 6.87. The van der Waals surface area contributed by atoms with Crippen LogP contribution in [0.5, 0.6) is 0 Å². The maximum Gasteiger partial charge on any atom is 0.242 e. The minimum Gasteiger partial charge on any atom is -0.398 e. The van der Waals surface area contributed by atoms with Gasteiger partial charge in [0.2, 0.25) is 10.0 Å². The monoisotopic (exact) mass is 334 g/mol. The summed E-state index contributed by atoms with van der Waals surface area (Å²) in [5.74, 6) is 0. The summed E-state index contributed by atoms with van der Waals surface area (Å²) >= 11 is 6.01. The van der Waals surface area contributed by atoms with Gasteiger partial charge in [-0.15, -0.1) is 0 Å². The molecular weight excluding hydrogens is 312 g/mol. The lowest BCUT2D eigenvalue weighted by atomic mass is 9.84. The summed E-state index contributed by atoms with van der Waals surface area (Å²) in [5, 5.41) is 9.63. The van der Waals surface area contributed by atoms with Crippen molar-refractivity contribution in [3.63, 3.8) is 0 Å². The summed E-state index contributed by atoms with van der Waals surface area (Å²) in [5.41, 5.74) is 6.40. The Labute approximate surface area is 131 Å². The van der Waals surface area contributed by atoms with Crippen molar-refractivity contribution in [2.75, 3.05) is 18.9 Å². The van der Waals surface area contributed by atoms with Crippen molar-refractivity contribution in [2.45, 2.75) is 38.5 Å². The summed E-state index contributed by atoms with van der Waals surface area (Å²) in [6.07, 6.45) is 1.35. The van der Waals surface area contributed by atoms with E-state index >= 15 is 0 Å². The van der Waals surface area contributed by atoms with Gasteiger partial charge < -0.3 is 10.8 Å². The second-order valence-corrected chi connectivity index (χ2v) is 7.47. The quantitative estimate of drug-likeness (QED) is 0.667. The number of benzene rings is 1. The Hall–Kier alpha value is -0.820. The van der Waals surface area contributed by atoms with Gasteiger partial charge in [0.15, 0.2) is 0 Å². The number of nitrogens with one attached hydrogen (secondary N) is 1. The van der Waals surface area contributed by atoms with Crippen molar-refractivity contribution >= 4 is 27.3 Å². The van der Waals surface area contributed by atoms with Crippen molar-refractivity contribution < 1.29 is 13.5 Å². The molecule has 1 rings (SSSR count). The number of halogens is 1. The van der Waals surface area contributed by atoms with E-state index < -0.39 is 15.4 Å². The zero-order valence-electron chi connectivity index (χ0n) is 12.6. The van der Waals surface area contributed by atoms with Crippen molar-refractivity contribution in [3.05, 3.63) is 22.7 Å². The molecule has 0 heterocycles. The predicted octanol–water partition coefficient (Wildman–Crippen LogP) is 2.31. The molecule has 5 nitrogen and oxygen atoms in total. The van der Waals surface area contributed by atoms with Crippen LogP contribution in [0.1, 0.15) is 32.3 Å². The van der Waals surface area contributed by atoms with Gasteiger partial charge >= 0.3 is 0 Å². The Morgan fingerprint density at radius 3 is 2.38 bits per heavy atom.